The van der Waals surface area contributed by atoms with E-state index in [-0.39, 0.29) is 5.56 Å². The molecule has 2 aromatic heterocycles. The zero-order chi connectivity index (χ0) is 23.6. The van der Waals surface area contributed by atoms with Gasteiger partial charge in [-0.2, -0.15) is 0 Å². The number of para-hydroxylation sites is 2. The number of hydrogen-bond donors (Lipinski definition) is 0. The lowest BCUT2D eigenvalue weighted by Gasteiger charge is -2.14. The molecule has 0 aliphatic carbocycles. The van der Waals surface area contributed by atoms with Gasteiger partial charge in [-0.05, 0) is 24.3 Å². The molecule has 0 fully saturated rings. The fourth-order valence-electron chi connectivity index (χ4n) is 4.01. The van der Waals surface area contributed by atoms with Gasteiger partial charge in [-0.25, -0.2) is 19.9 Å². The minimum absolute atomic E-state index is 0.181. The summed E-state index contributed by atoms with van der Waals surface area (Å²) in [6, 6.07) is 36.2. The molecule has 0 atom stereocenters. The minimum Gasteiger partial charge on any atom is -0.268 e. The number of aromatic nitrogens is 5. The normalized spacial score (nSPS) is 11.0. The van der Waals surface area contributed by atoms with Crippen LogP contribution in [0.2, 0.25) is 0 Å². The first-order chi connectivity index (χ1) is 17.3. The van der Waals surface area contributed by atoms with Crippen LogP contribution in [0.4, 0.5) is 0 Å². The molecule has 6 aromatic rings. The molecule has 0 aliphatic heterocycles. The van der Waals surface area contributed by atoms with Crippen molar-refractivity contribution in [2.24, 2.45) is 0 Å². The molecule has 0 aliphatic rings. The first kappa shape index (κ1) is 20.6. The quantitative estimate of drug-likeness (QED) is 0.349. The molecular formula is C29H19N5O. The predicted octanol–water partition coefficient (Wildman–Crippen LogP) is 5.57. The van der Waals surface area contributed by atoms with Gasteiger partial charge in [-0.15, -0.1) is 0 Å². The van der Waals surface area contributed by atoms with Crippen molar-refractivity contribution in [3.8, 4) is 40.1 Å². The lowest BCUT2D eigenvalue weighted by atomic mass is 10.2. The average molecular weight is 454 g/mol. The van der Waals surface area contributed by atoms with E-state index >= 15 is 0 Å². The molecule has 0 N–H and O–H groups in total. The Morgan fingerprint density at radius 3 is 1.57 bits per heavy atom. The molecule has 6 nitrogen and oxygen atoms in total. The third kappa shape index (κ3) is 3.87. The topological polar surface area (TPSA) is 73.6 Å². The maximum Gasteiger partial charge on any atom is 0.266 e. The standard InChI is InChI=1S/C29H19N5O/c35-29-23-18-10-11-19-24(23)30-28(34(29)22-16-8-3-9-17-22)27-32-25(20-12-4-1-5-13-20)31-26(33-27)21-14-6-2-7-15-21/h1-19H. The number of rotatable bonds is 4. The largest absolute Gasteiger partial charge is 0.268 e. The van der Waals surface area contributed by atoms with E-state index < -0.39 is 0 Å². The molecule has 0 radical (unpaired) electrons. The van der Waals surface area contributed by atoms with Gasteiger partial charge in [-0.1, -0.05) is 91.0 Å². The van der Waals surface area contributed by atoms with Gasteiger partial charge in [-0.3, -0.25) is 9.36 Å². The van der Waals surface area contributed by atoms with Crippen LogP contribution < -0.4 is 5.56 Å². The van der Waals surface area contributed by atoms with Gasteiger partial charge in [0.15, 0.2) is 17.5 Å². The van der Waals surface area contributed by atoms with E-state index in [1.165, 1.54) is 0 Å². The van der Waals surface area contributed by atoms with E-state index in [4.69, 9.17) is 19.9 Å². The molecule has 0 saturated carbocycles. The lowest BCUT2D eigenvalue weighted by molar-refractivity contribution is 0.938. The van der Waals surface area contributed by atoms with E-state index in [1.807, 2.05) is 109 Å². The molecule has 0 unspecified atom stereocenters. The minimum atomic E-state index is -0.181. The van der Waals surface area contributed by atoms with E-state index in [0.717, 1.165) is 11.1 Å². The molecule has 166 valence electrons. The maximum atomic E-state index is 13.7. The van der Waals surface area contributed by atoms with Crippen molar-refractivity contribution in [2.45, 2.75) is 0 Å². The molecule has 6 rings (SSSR count). The van der Waals surface area contributed by atoms with Crippen molar-refractivity contribution in [3.05, 3.63) is 126 Å². The van der Waals surface area contributed by atoms with E-state index in [9.17, 15) is 4.79 Å². The molecule has 4 aromatic carbocycles. The SMILES string of the molecule is O=c1c2ccccc2nc(-c2nc(-c3ccccc3)nc(-c3ccccc3)n2)n1-c1ccccc1. The molecule has 0 saturated heterocycles. The Balaban J connectivity index is 1.69. The van der Waals surface area contributed by atoms with Crippen molar-refractivity contribution < 1.29 is 0 Å². The van der Waals surface area contributed by atoms with E-state index in [0.29, 0.717) is 39.9 Å². The van der Waals surface area contributed by atoms with Gasteiger partial charge < -0.3 is 0 Å². The van der Waals surface area contributed by atoms with Crippen LogP contribution in [0.5, 0.6) is 0 Å². The van der Waals surface area contributed by atoms with Crippen LogP contribution in [0.15, 0.2) is 120 Å². The second-order valence-corrected chi connectivity index (χ2v) is 7.97. The monoisotopic (exact) mass is 453 g/mol. The second kappa shape index (κ2) is 8.76. The second-order valence-electron chi connectivity index (χ2n) is 7.97. The van der Waals surface area contributed by atoms with Crippen LogP contribution in [0.3, 0.4) is 0 Å². The zero-order valence-electron chi connectivity index (χ0n) is 18.6. The highest BCUT2D eigenvalue weighted by Crippen LogP contribution is 2.25. The summed E-state index contributed by atoms with van der Waals surface area (Å²) in [4.78, 5) is 32.9. The first-order valence-electron chi connectivity index (χ1n) is 11.2. The Bertz CT molecular complexity index is 1640. The summed E-state index contributed by atoms with van der Waals surface area (Å²) in [6.07, 6.45) is 0. The number of nitrogens with zero attached hydrogens (tertiary/aromatic N) is 5. The van der Waals surface area contributed by atoms with Crippen LogP contribution in [0.25, 0.3) is 51.0 Å². The van der Waals surface area contributed by atoms with Crippen molar-refractivity contribution >= 4 is 10.9 Å². The van der Waals surface area contributed by atoms with E-state index in [2.05, 4.69) is 0 Å². The van der Waals surface area contributed by atoms with Crippen molar-refractivity contribution in [1.82, 2.24) is 24.5 Å². The fourth-order valence-corrected chi connectivity index (χ4v) is 4.01. The Morgan fingerprint density at radius 2 is 0.971 bits per heavy atom. The summed E-state index contributed by atoms with van der Waals surface area (Å²) in [6.45, 7) is 0. The van der Waals surface area contributed by atoms with Gasteiger partial charge >= 0.3 is 0 Å². The summed E-state index contributed by atoms with van der Waals surface area (Å²) in [5.41, 5.74) is 2.79. The number of benzene rings is 4. The van der Waals surface area contributed by atoms with Gasteiger partial charge in [0.1, 0.15) is 0 Å². The van der Waals surface area contributed by atoms with Crippen LogP contribution >= 0.6 is 0 Å². The Labute approximate surface area is 201 Å². The molecular weight excluding hydrogens is 434 g/mol. The summed E-state index contributed by atoms with van der Waals surface area (Å²) >= 11 is 0. The van der Waals surface area contributed by atoms with Crippen LogP contribution in [-0.4, -0.2) is 24.5 Å². The summed E-state index contributed by atoms with van der Waals surface area (Å²) in [5.74, 6) is 1.70. The highest BCUT2D eigenvalue weighted by atomic mass is 16.1. The smallest absolute Gasteiger partial charge is 0.266 e. The predicted molar refractivity (Wildman–Crippen MR) is 137 cm³/mol. The molecule has 0 spiro atoms. The average Bonchev–Trinajstić information content (AvgIpc) is 2.94. The van der Waals surface area contributed by atoms with Gasteiger partial charge in [0.2, 0.25) is 5.82 Å². The third-order valence-electron chi connectivity index (χ3n) is 5.69. The van der Waals surface area contributed by atoms with Crippen LogP contribution in [0, 0.1) is 0 Å². The summed E-state index contributed by atoms with van der Waals surface area (Å²) in [7, 11) is 0. The Kier molecular flexibility index (Phi) is 5.16. The van der Waals surface area contributed by atoms with Crippen LogP contribution in [0.1, 0.15) is 0 Å². The third-order valence-corrected chi connectivity index (χ3v) is 5.69. The van der Waals surface area contributed by atoms with E-state index in [1.54, 1.807) is 10.6 Å². The summed E-state index contributed by atoms with van der Waals surface area (Å²) < 4.78 is 1.57. The molecule has 6 heteroatoms. The summed E-state index contributed by atoms with van der Waals surface area (Å²) in [5, 5.41) is 0.528. The number of hydrogen-bond acceptors (Lipinski definition) is 5. The molecule has 0 bridgehead atoms. The molecule has 2 heterocycles. The Morgan fingerprint density at radius 1 is 0.486 bits per heavy atom. The number of fused-ring (bicyclic) bond motifs is 1. The first-order valence-corrected chi connectivity index (χ1v) is 11.2. The van der Waals surface area contributed by atoms with Crippen molar-refractivity contribution in [2.75, 3.05) is 0 Å². The fraction of sp³-hybridized carbons (Fsp3) is 0. The lowest BCUT2D eigenvalue weighted by Crippen LogP contribution is -2.22. The van der Waals surface area contributed by atoms with Crippen molar-refractivity contribution in [1.29, 1.82) is 0 Å². The Hall–Kier alpha value is -4.97. The van der Waals surface area contributed by atoms with Crippen molar-refractivity contribution in [3.63, 3.8) is 0 Å². The van der Waals surface area contributed by atoms with Gasteiger partial charge in [0.05, 0.1) is 16.6 Å². The maximum absolute atomic E-state index is 13.7. The molecule has 0 amide bonds. The van der Waals surface area contributed by atoms with Crippen LogP contribution in [-0.2, 0) is 0 Å². The van der Waals surface area contributed by atoms with Gasteiger partial charge in [0.25, 0.3) is 5.56 Å². The highest BCUT2D eigenvalue weighted by Gasteiger charge is 2.19. The molecule has 35 heavy (non-hydrogen) atoms. The zero-order valence-corrected chi connectivity index (χ0v) is 18.6. The highest BCUT2D eigenvalue weighted by molar-refractivity contribution is 5.80. The van der Waals surface area contributed by atoms with Gasteiger partial charge in [0, 0.05) is 11.1 Å².